The molecule has 0 atom stereocenters. The Morgan fingerprint density at radius 2 is 2.20 bits per heavy atom. The first-order valence-electron chi connectivity index (χ1n) is 6.96. The molecule has 0 saturated carbocycles. The maximum absolute atomic E-state index is 11.7. The first-order chi connectivity index (χ1) is 9.79. The lowest BCUT2D eigenvalue weighted by atomic mass is 9.91. The Labute approximate surface area is 118 Å². The second-order valence-corrected chi connectivity index (χ2v) is 5.06. The van der Waals surface area contributed by atoms with E-state index in [4.69, 9.17) is 4.74 Å². The van der Waals surface area contributed by atoms with Gasteiger partial charge in [0.1, 0.15) is 0 Å². The van der Waals surface area contributed by atoms with Gasteiger partial charge in [0.15, 0.2) is 0 Å². The average Bonchev–Trinajstić information content (AvgIpc) is 2.54. The van der Waals surface area contributed by atoms with Crippen LogP contribution >= 0.6 is 0 Å². The number of ether oxygens (including phenoxy) is 1. The largest absolute Gasteiger partial charge is 0.465 e. The number of carbonyl (C=O) groups excluding carboxylic acids is 1. The number of hydrogen-bond acceptors (Lipinski definition) is 3. The van der Waals surface area contributed by atoms with E-state index in [1.54, 1.807) is 6.20 Å². The summed E-state index contributed by atoms with van der Waals surface area (Å²) < 4.78 is 4.78. The summed E-state index contributed by atoms with van der Waals surface area (Å²) in [6.07, 6.45) is 8.61. The van der Waals surface area contributed by atoms with Gasteiger partial charge in [-0.25, -0.2) is 4.79 Å². The van der Waals surface area contributed by atoms with Crippen molar-refractivity contribution in [3.63, 3.8) is 0 Å². The summed E-state index contributed by atoms with van der Waals surface area (Å²) in [5.41, 5.74) is 3.98. The Balaban J connectivity index is 2.16. The number of fused-ring (bicyclic) bond motifs is 1. The molecule has 0 saturated heterocycles. The SMILES string of the molecule is COC(=O)c1cnc2cccc(C3=CCCCC3)c2c1. The lowest BCUT2D eigenvalue weighted by molar-refractivity contribution is 0.0600. The number of pyridine rings is 1. The molecule has 1 aliphatic carbocycles. The standard InChI is InChI=1S/C17H17NO2/c1-20-17(19)13-10-15-14(12-6-3-2-4-7-12)8-5-9-16(15)18-11-13/h5-6,8-11H,2-4,7H2,1H3. The Kier molecular flexibility index (Phi) is 3.50. The fraction of sp³-hybridized carbons (Fsp3) is 0.294. The highest BCUT2D eigenvalue weighted by molar-refractivity contribution is 5.97. The smallest absolute Gasteiger partial charge is 0.339 e. The van der Waals surface area contributed by atoms with E-state index in [0.29, 0.717) is 5.56 Å². The fourth-order valence-corrected chi connectivity index (χ4v) is 2.74. The molecule has 1 heterocycles. The molecule has 0 N–H and O–H groups in total. The van der Waals surface area contributed by atoms with Gasteiger partial charge >= 0.3 is 5.97 Å². The zero-order valence-corrected chi connectivity index (χ0v) is 11.6. The molecular weight excluding hydrogens is 250 g/mol. The normalized spacial score (nSPS) is 14.9. The van der Waals surface area contributed by atoms with Crippen LogP contribution in [-0.2, 0) is 4.74 Å². The summed E-state index contributed by atoms with van der Waals surface area (Å²) in [4.78, 5) is 16.0. The molecule has 0 aliphatic heterocycles. The molecule has 0 bridgehead atoms. The zero-order valence-electron chi connectivity index (χ0n) is 11.6. The van der Waals surface area contributed by atoms with E-state index >= 15 is 0 Å². The van der Waals surface area contributed by atoms with Crippen LogP contribution in [0.5, 0.6) is 0 Å². The number of allylic oxidation sites excluding steroid dienone is 2. The second kappa shape index (κ2) is 5.45. The van der Waals surface area contributed by atoms with Crippen molar-refractivity contribution in [2.75, 3.05) is 7.11 Å². The van der Waals surface area contributed by atoms with Crippen LogP contribution < -0.4 is 0 Å². The van der Waals surface area contributed by atoms with Crippen molar-refractivity contribution < 1.29 is 9.53 Å². The van der Waals surface area contributed by atoms with Gasteiger partial charge in [0.2, 0.25) is 0 Å². The van der Waals surface area contributed by atoms with Crippen LogP contribution in [0.3, 0.4) is 0 Å². The van der Waals surface area contributed by atoms with E-state index in [2.05, 4.69) is 17.1 Å². The van der Waals surface area contributed by atoms with Crippen LogP contribution in [0.25, 0.3) is 16.5 Å². The zero-order chi connectivity index (χ0) is 13.9. The summed E-state index contributed by atoms with van der Waals surface area (Å²) in [6, 6.07) is 8.00. The van der Waals surface area contributed by atoms with Crippen LogP contribution in [0, 0.1) is 0 Å². The first kappa shape index (κ1) is 12.9. The molecule has 102 valence electrons. The summed E-state index contributed by atoms with van der Waals surface area (Å²) in [5, 5.41) is 1.03. The number of nitrogens with zero attached hydrogens (tertiary/aromatic N) is 1. The van der Waals surface area contributed by atoms with E-state index in [1.165, 1.54) is 31.1 Å². The van der Waals surface area contributed by atoms with E-state index < -0.39 is 0 Å². The fourth-order valence-electron chi connectivity index (χ4n) is 2.74. The molecular formula is C17H17NO2. The van der Waals surface area contributed by atoms with Crippen molar-refractivity contribution in [3.05, 3.63) is 47.7 Å². The minimum absolute atomic E-state index is 0.341. The summed E-state index contributed by atoms with van der Waals surface area (Å²) in [7, 11) is 1.39. The van der Waals surface area contributed by atoms with Gasteiger partial charge in [-0.1, -0.05) is 18.2 Å². The summed E-state index contributed by atoms with van der Waals surface area (Å²) in [6.45, 7) is 0. The average molecular weight is 267 g/mol. The van der Waals surface area contributed by atoms with Crippen molar-refractivity contribution in [3.8, 4) is 0 Å². The maximum atomic E-state index is 11.7. The predicted octanol–water partition coefficient (Wildman–Crippen LogP) is 3.98. The Hall–Kier alpha value is -2.16. The quantitative estimate of drug-likeness (QED) is 0.773. The van der Waals surface area contributed by atoms with Gasteiger partial charge in [0.25, 0.3) is 0 Å². The third kappa shape index (κ3) is 2.31. The molecule has 1 aliphatic rings. The Bertz CT molecular complexity index is 688. The van der Waals surface area contributed by atoms with Crippen molar-refractivity contribution >= 4 is 22.4 Å². The molecule has 2 aromatic rings. The number of rotatable bonds is 2. The lowest BCUT2D eigenvalue weighted by Gasteiger charge is -2.15. The number of benzene rings is 1. The maximum Gasteiger partial charge on any atom is 0.339 e. The van der Waals surface area contributed by atoms with Crippen molar-refractivity contribution in [1.29, 1.82) is 0 Å². The molecule has 1 aromatic heterocycles. The molecule has 0 radical (unpaired) electrons. The number of carbonyl (C=O) groups is 1. The minimum Gasteiger partial charge on any atom is -0.465 e. The van der Waals surface area contributed by atoms with Crippen LogP contribution in [0.2, 0.25) is 0 Å². The lowest BCUT2D eigenvalue weighted by Crippen LogP contribution is -2.02. The number of hydrogen-bond donors (Lipinski definition) is 0. The third-order valence-electron chi connectivity index (χ3n) is 3.78. The molecule has 0 unspecified atom stereocenters. The van der Waals surface area contributed by atoms with Gasteiger partial charge in [0, 0.05) is 11.6 Å². The highest BCUT2D eigenvalue weighted by atomic mass is 16.5. The molecule has 3 heteroatoms. The van der Waals surface area contributed by atoms with Crippen LogP contribution in [-0.4, -0.2) is 18.1 Å². The van der Waals surface area contributed by atoms with Gasteiger partial charge in [-0.05, 0) is 49.0 Å². The minimum atomic E-state index is -0.341. The summed E-state index contributed by atoms with van der Waals surface area (Å²) in [5.74, 6) is -0.341. The van der Waals surface area contributed by atoms with E-state index in [1.807, 2.05) is 18.2 Å². The van der Waals surface area contributed by atoms with Crippen LogP contribution in [0.1, 0.15) is 41.6 Å². The molecule has 0 spiro atoms. The Morgan fingerprint density at radius 1 is 1.30 bits per heavy atom. The highest BCUT2D eigenvalue weighted by Crippen LogP contribution is 2.31. The van der Waals surface area contributed by atoms with Gasteiger partial charge in [-0.3, -0.25) is 4.98 Å². The van der Waals surface area contributed by atoms with Crippen LogP contribution in [0.15, 0.2) is 36.5 Å². The van der Waals surface area contributed by atoms with Crippen molar-refractivity contribution in [2.24, 2.45) is 0 Å². The topological polar surface area (TPSA) is 39.2 Å². The van der Waals surface area contributed by atoms with Gasteiger partial charge in [-0.15, -0.1) is 0 Å². The van der Waals surface area contributed by atoms with E-state index in [-0.39, 0.29) is 5.97 Å². The molecule has 0 amide bonds. The van der Waals surface area contributed by atoms with E-state index in [9.17, 15) is 4.79 Å². The molecule has 3 nitrogen and oxygen atoms in total. The van der Waals surface area contributed by atoms with Gasteiger partial charge < -0.3 is 4.74 Å². The molecule has 20 heavy (non-hydrogen) atoms. The first-order valence-corrected chi connectivity index (χ1v) is 6.96. The second-order valence-electron chi connectivity index (χ2n) is 5.06. The molecule has 1 aromatic carbocycles. The third-order valence-corrected chi connectivity index (χ3v) is 3.78. The van der Waals surface area contributed by atoms with Gasteiger partial charge in [-0.2, -0.15) is 0 Å². The van der Waals surface area contributed by atoms with Crippen molar-refractivity contribution in [2.45, 2.75) is 25.7 Å². The number of esters is 1. The predicted molar refractivity (Wildman–Crippen MR) is 79.5 cm³/mol. The van der Waals surface area contributed by atoms with Crippen molar-refractivity contribution in [1.82, 2.24) is 4.98 Å². The highest BCUT2D eigenvalue weighted by Gasteiger charge is 2.13. The monoisotopic (exact) mass is 267 g/mol. The number of aromatic nitrogens is 1. The van der Waals surface area contributed by atoms with Crippen LogP contribution in [0.4, 0.5) is 0 Å². The van der Waals surface area contributed by atoms with Gasteiger partial charge in [0.05, 0.1) is 18.2 Å². The Morgan fingerprint density at radius 3 is 2.95 bits per heavy atom. The van der Waals surface area contributed by atoms with E-state index in [0.717, 1.165) is 23.7 Å². The molecule has 0 fully saturated rings. The number of methoxy groups -OCH3 is 1. The summed E-state index contributed by atoms with van der Waals surface area (Å²) >= 11 is 0. The molecule has 3 rings (SSSR count).